The van der Waals surface area contributed by atoms with Crippen molar-refractivity contribution in [3.63, 3.8) is 0 Å². The lowest BCUT2D eigenvalue weighted by atomic mass is 9.99. The van der Waals surface area contributed by atoms with Gasteiger partial charge in [-0.3, -0.25) is 11.3 Å². The predicted molar refractivity (Wildman–Crippen MR) is 73.1 cm³/mol. The van der Waals surface area contributed by atoms with Gasteiger partial charge in [-0.1, -0.05) is 18.2 Å². The molecule has 0 amide bonds. The van der Waals surface area contributed by atoms with Crippen molar-refractivity contribution in [2.75, 3.05) is 7.11 Å². The van der Waals surface area contributed by atoms with Gasteiger partial charge in [0, 0.05) is 0 Å². The molecule has 0 saturated heterocycles. The van der Waals surface area contributed by atoms with Crippen LogP contribution in [0.1, 0.15) is 17.2 Å². The maximum atomic E-state index is 13.4. The van der Waals surface area contributed by atoms with Gasteiger partial charge in [0.1, 0.15) is 5.82 Å². The third kappa shape index (κ3) is 3.31. The number of halogens is 2. The summed E-state index contributed by atoms with van der Waals surface area (Å²) in [5, 5.41) is 0. The van der Waals surface area contributed by atoms with Gasteiger partial charge in [-0.2, -0.15) is 0 Å². The van der Waals surface area contributed by atoms with E-state index < -0.39 is 5.82 Å². The number of hydrogen-bond acceptors (Lipinski definition) is 3. The van der Waals surface area contributed by atoms with Gasteiger partial charge < -0.3 is 4.74 Å². The summed E-state index contributed by atoms with van der Waals surface area (Å²) >= 11 is 0. The fraction of sp³-hybridized carbons (Fsp3) is 0.200. The second kappa shape index (κ2) is 6.45. The molecule has 0 aliphatic carbocycles. The predicted octanol–water partition coefficient (Wildman–Crippen LogP) is 2.72. The van der Waals surface area contributed by atoms with Gasteiger partial charge in [-0.25, -0.2) is 8.78 Å². The van der Waals surface area contributed by atoms with Gasteiger partial charge in [0.2, 0.25) is 0 Å². The fourth-order valence-corrected chi connectivity index (χ4v) is 2.07. The Morgan fingerprint density at radius 3 is 2.65 bits per heavy atom. The van der Waals surface area contributed by atoms with Crippen molar-refractivity contribution in [1.82, 2.24) is 5.43 Å². The van der Waals surface area contributed by atoms with Crippen molar-refractivity contribution in [3.05, 3.63) is 65.2 Å². The maximum absolute atomic E-state index is 13.4. The molecule has 3 N–H and O–H groups in total. The standard InChI is InChI=1S/C15H16F2N2O/c1-20-15-9-11(5-6-13(15)17)14(19-18)8-10-3-2-4-12(16)7-10/h2-7,9,14,19H,8,18H2,1H3. The average molecular weight is 278 g/mol. The van der Waals surface area contributed by atoms with E-state index in [1.165, 1.54) is 25.3 Å². The number of nitrogens with two attached hydrogens (primary N) is 1. The molecule has 2 aromatic carbocycles. The molecule has 3 nitrogen and oxygen atoms in total. The lowest BCUT2D eigenvalue weighted by Crippen LogP contribution is -2.29. The summed E-state index contributed by atoms with van der Waals surface area (Å²) < 4.78 is 31.5. The molecule has 2 rings (SSSR count). The molecule has 1 unspecified atom stereocenters. The van der Waals surface area contributed by atoms with Crippen LogP contribution in [0.3, 0.4) is 0 Å². The van der Waals surface area contributed by atoms with Gasteiger partial charge in [-0.05, 0) is 41.8 Å². The van der Waals surface area contributed by atoms with E-state index in [1.54, 1.807) is 18.2 Å². The monoisotopic (exact) mass is 278 g/mol. The Kier molecular flexibility index (Phi) is 4.65. The molecule has 106 valence electrons. The first-order chi connectivity index (χ1) is 9.63. The van der Waals surface area contributed by atoms with Crippen LogP contribution in [-0.4, -0.2) is 7.11 Å². The highest BCUT2D eigenvalue weighted by atomic mass is 19.1. The minimum absolute atomic E-state index is 0.155. The lowest BCUT2D eigenvalue weighted by Gasteiger charge is -2.17. The quantitative estimate of drug-likeness (QED) is 0.653. The molecule has 0 spiro atoms. The van der Waals surface area contributed by atoms with Crippen molar-refractivity contribution in [2.45, 2.75) is 12.5 Å². The minimum atomic E-state index is -0.433. The van der Waals surface area contributed by atoms with E-state index in [-0.39, 0.29) is 17.6 Å². The van der Waals surface area contributed by atoms with E-state index in [1.807, 2.05) is 6.07 Å². The summed E-state index contributed by atoms with van der Waals surface area (Å²) in [6, 6.07) is 10.6. The Morgan fingerprint density at radius 1 is 1.20 bits per heavy atom. The highest BCUT2D eigenvalue weighted by Crippen LogP contribution is 2.24. The van der Waals surface area contributed by atoms with E-state index in [2.05, 4.69) is 5.43 Å². The summed E-state index contributed by atoms with van der Waals surface area (Å²) in [6.45, 7) is 0. The zero-order chi connectivity index (χ0) is 14.5. The Morgan fingerprint density at radius 2 is 2.00 bits per heavy atom. The largest absolute Gasteiger partial charge is 0.494 e. The fourth-order valence-electron chi connectivity index (χ4n) is 2.07. The zero-order valence-electron chi connectivity index (χ0n) is 11.1. The van der Waals surface area contributed by atoms with Crippen LogP contribution in [0.15, 0.2) is 42.5 Å². The highest BCUT2D eigenvalue weighted by molar-refractivity contribution is 5.33. The van der Waals surface area contributed by atoms with Crippen molar-refractivity contribution < 1.29 is 13.5 Å². The van der Waals surface area contributed by atoms with Crippen LogP contribution in [0.25, 0.3) is 0 Å². The second-order valence-electron chi connectivity index (χ2n) is 4.45. The Labute approximate surface area is 116 Å². The number of ether oxygens (including phenoxy) is 1. The molecule has 0 fully saturated rings. The highest BCUT2D eigenvalue weighted by Gasteiger charge is 2.13. The van der Waals surface area contributed by atoms with Crippen molar-refractivity contribution >= 4 is 0 Å². The third-order valence-corrected chi connectivity index (χ3v) is 3.11. The van der Waals surface area contributed by atoms with E-state index in [0.717, 1.165) is 11.1 Å². The van der Waals surface area contributed by atoms with Crippen LogP contribution in [-0.2, 0) is 6.42 Å². The minimum Gasteiger partial charge on any atom is -0.494 e. The van der Waals surface area contributed by atoms with E-state index in [0.29, 0.717) is 6.42 Å². The molecular formula is C15H16F2N2O. The van der Waals surface area contributed by atoms with Crippen LogP contribution in [0, 0.1) is 11.6 Å². The molecule has 0 bridgehead atoms. The van der Waals surface area contributed by atoms with Crippen LogP contribution in [0.2, 0.25) is 0 Å². The lowest BCUT2D eigenvalue weighted by molar-refractivity contribution is 0.384. The summed E-state index contributed by atoms with van der Waals surface area (Å²) in [7, 11) is 1.40. The van der Waals surface area contributed by atoms with Crippen molar-refractivity contribution in [3.8, 4) is 5.75 Å². The first-order valence-corrected chi connectivity index (χ1v) is 6.18. The van der Waals surface area contributed by atoms with Crippen LogP contribution >= 0.6 is 0 Å². The zero-order valence-corrected chi connectivity index (χ0v) is 11.1. The van der Waals surface area contributed by atoms with Crippen LogP contribution in [0.4, 0.5) is 8.78 Å². The molecule has 0 saturated carbocycles. The molecule has 2 aromatic rings. The Hall–Kier alpha value is -1.98. The third-order valence-electron chi connectivity index (χ3n) is 3.11. The van der Waals surface area contributed by atoms with Gasteiger partial charge in [0.25, 0.3) is 0 Å². The van der Waals surface area contributed by atoms with Crippen molar-refractivity contribution in [1.29, 1.82) is 0 Å². The number of rotatable bonds is 5. The number of benzene rings is 2. The molecular weight excluding hydrogens is 262 g/mol. The Balaban J connectivity index is 2.24. The number of hydrogen-bond donors (Lipinski definition) is 2. The second-order valence-corrected chi connectivity index (χ2v) is 4.45. The normalized spacial score (nSPS) is 12.2. The molecule has 0 heterocycles. The molecule has 0 radical (unpaired) electrons. The van der Waals surface area contributed by atoms with Crippen LogP contribution < -0.4 is 16.0 Å². The van der Waals surface area contributed by atoms with E-state index >= 15 is 0 Å². The van der Waals surface area contributed by atoms with Gasteiger partial charge in [0.05, 0.1) is 13.2 Å². The van der Waals surface area contributed by atoms with E-state index in [4.69, 9.17) is 10.6 Å². The Bertz CT molecular complexity index is 590. The van der Waals surface area contributed by atoms with Gasteiger partial charge in [-0.15, -0.1) is 0 Å². The topological polar surface area (TPSA) is 47.3 Å². The van der Waals surface area contributed by atoms with Gasteiger partial charge in [0.15, 0.2) is 11.6 Å². The van der Waals surface area contributed by atoms with E-state index in [9.17, 15) is 8.78 Å². The first kappa shape index (κ1) is 14.4. The molecule has 5 heteroatoms. The smallest absolute Gasteiger partial charge is 0.165 e. The SMILES string of the molecule is COc1cc(C(Cc2cccc(F)c2)NN)ccc1F. The molecule has 0 aliphatic rings. The van der Waals surface area contributed by atoms with Crippen LogP contribution in [0.5, 0.6) is 5.75 Å². The van der Waals surface area contributed by atoms with Gasteiger partial charge >= 0.3 is 0 Å². The van der Waals surface area contributed by atoms with Crippen molar-refractivity contribution in [2.24, 2.45) is 5.84 Å². The average Bonchev–Trinajstić information content (AvgIpc) is 2.45. The molecule has 0 aromatic heterocycles. The number of methoxy groups -OCH3 is 1. The molecule has 0 aliphatic heterocycles. The first-order valence-electron chi connectivity index (χ1n) is 6.18. The molecule has 1 atom stereocenters. The molecule has 20 heavy (non-hydrogen) atoms. The summed E-state index contributed by atoms with van der Waals surface area (Å²) in [6.07, 6.45) is 0.489. The number of hydrazine groups is 1. The summed E-state index contributed by atoms with van der Waals surface area (Å²) in [5.74, 6) is 4.97. The number of nitrogens with one attached hydrogen (secondary N) is 1. The summed E-state index contributed by atoms with van der Waals surface area (Å²) in [5.41, 5.74) is 4.23. The maximum Gasteiger partial charge on any atom is 0.165 e. The summed E-state index contributed by atoms with van der Waals surface area (Å²) in [4.78, 5) is 0.